The second kappa shape index (κ2) is 7.00. The molecule has 0 aliphatic carbocycles. The number of likely N-dealkylation sites (tertiary alicyclic amines) is 1. The molecular formula is C20H25N3O2. The van der Waals surface area contributed by atoms with Gasteiger partial charge in [0.2, 0.25) is 0 Å². The summed E-state index contributed by atoms with van der Waals surface area (Å²) in [5, 5.41) is 4.24. The molecule has 0 bridgehead atoms. The molecule has 1 amide bonds. The first-order chi connectivity index (χ1) is 12.2. The van der Waals surface area contributed by atoms with E-state index in [0.29, 0.717) is 6.54 Å². The van der Waals surface area contributed by atoms with E-state index in [-0.39, 0.29) is 11.5 Å². The van der Waals surface area contributed by atoms with Crippen molar-refractivity contribution in [3.63, 3.8) is 0 Å². The largest absolute Gasteiger partial charge is 0.375 e. The van der Waals surface area contributed by atoms with E-state index in [4.69, 9.17) is 4.74 Å². The Hall–Kier alpha value is -2.14. The van der Waals surface area contributed by atoms with Gasteiger partial charge < -0.3 is 9.64 Å². The fraction of sp³-hybridized carbons (Fsp3) is 0.500. The van der Waals surface area contributed by atoms with E-state index in [1.165, 1.54) is 0 Å². The minimum Gasteiger partial charge on any atom is -0.375 e. The van der Waals surface area contributed by atoms with Gasteiger partial charge in [0, 0.05) is 37.7 Å². The van der Waals surface area contributed by atoms with Crippen LogP contribution in [0.3, 0.4) is 0 Å². The molecule has 2 fully saturated rings. The molecule has 0 saturated carbocycles. The maximum Gasteiger partial charge on any atom is 0.253 e. The minimum absolute atomic E-state index is 0.0387. The number of carbonyl (C=O) groups is 1. The fourth-order valence-corrected chi connectivity index (χ4v) is 4.09. The third kappa shape index (κ3) is 3.61. The van der Waals surface area contributed by atoms with E-state index in [1.807, 2.05) is 46.1 Å². The van der Waals surface area contributed by atoms with Crippen molar-refractivity contribution in [1.82, 2.24) is 14.7 Å². The number of amides is 1. The van der Waals surface area contributed by atoms with Crippen LogP contribution < -0.4 is 0 Å². The van der Waals surface area contributed by atoms with E-state index in [1.54, 1.807) is 6.20 Å². The van der Waals surface area contributed by atoms with Crippen LogP contribution in [0.25, 0.3) is 0 Å². The van der Waals surface area contributed by atoms with Crippen molar-refractivity contribution in [3.8, 4) is 0 Å². The molecule has 0 unspecified atom stereocenters. The van der Waals surface area contributed by atoms with Crippen LogP contribution in [-0.2, 0) is 11.3 Å². The van der Waals surface area contributed by atoms with Gasteiger partial charge in [0.15, 0.2) is 0 Å². The molecule has 4 rings (SSSR count). The van der Waals surface area contributed by atoms with Gasteiger partial charge in [-0.15, -0.1) is 0 Å². The molecule has 5 nitrogen and oxygen atoms in total. The topological polar surface area (TPSA) is 47.4 Å². The number of hydrogen-bond acceptors (Lipinski definition) is 3. The van der Waals surface area contributed by atoms with Crippen LogP contribution in [0.4, 0.5) is 0 Å². The first-order valence-corrected chi connectivity index (χ1v) is 9.24. The minimum atomic E-state index is 0.0387. The zero-order valence-electron chi connectivity index (χ0n) is 14.6. The quantitative estimate of drug-likeness (QED) is 0.863. The number of carbonyl (C=O) groups excluding carboxylic acids is 1. The smallest absolute Gasteiger partial charge is 0.253 e. The maximum atomic E-state index is 13.0. The molecule has 0 radical (unpaired) electrons. The van der Waals surface area contributed by atoms with E-state index < -0.39 is 0 Å². The van der Waals surface area contributed by atoms with Gasteiger partial charge in [-0.1, -0.05) is 12.1 Å². The summed E-state index contributed by atoms with van der Waals surface area (Å²) in [6, 6.07) is 9.83. The first kappa shape index (κ1) is 16.3. The molecule has 1 atom stereocenters. The van der Waals surface area contributed by atoms with Crippen molar-refractivity contribution in [1.29, 1.82) is 0 Å². The Balaban J connectivity index is 1.45. The third-order valence-electron chi connectivity index (χ3n) is 5.45. The van der Waals surface area contributed by atoms with Crippen molar-refractivity contribution in [3.05, 3.63) is 53.9 Å². The Morgan fingerprint density at radius 3 is 2.88 bits per heavy atom. The van der Waals surface area contributed by atoms with Gasteiger partial charge in [-0.3, -0.25) is 9.48 Å². The molecular weight excluding hydrogens is 314 g/mol. The SMILES string of the molecule is O=C(c1cccc(Cn2cccn2)c1)N1CCC[C@@]2(CCCO2)CC1. The lowest BCUT2D eigenvalue weighted by molar-refractivity contribution is -0.00691. The average Bonchev–Trinajstić information content (AvgIpc) is 3.25. The number of ether oxygens (including phenoxy) is 1. The number of hydrogen-bond donors (Lipinski definition) is 0. The van der Waals surface area contributed by atoms with Gasteiger partial charge in [-0.2, -0.15) is 5.10 Å². The van der Waals surface area contributed by atoms with Gasteiger partial charge in [0.05, 0.1) is 12.1 Å². The predicted octanol–water partition coefficient (Wildman–Crippen LogP) is 3.11. The first-order valence-electron chi connectivity index (χ1n) is 9.24. The second-order valence-electron chi connectivity index (χ2n) is 7.18. The summed E-state index contributed by atoms with van der Waals surface area (Å²) in [6.45, 7) is 3.18. The number of nitrogens with zero attached hydrogens (tertiary/aromatic N) is 3. The Morgan fingerprint density at radius 1 is 1.16 bits per heavy atom. The van der Waals surface area contributed by atoms with Crippen molar-refractivity contribution in [2.24, 2.45) is 0 Å². The lowest BCUT2D eigenvalue weighted by atomic mass is 9.92. The highest BCUT2D eigenvalue weighted by atomic mass is 16.5. The Labute approximate surface area is 148 Å². The molecule has 5 heteroatoms. The van der Waals surface area contributed by atoms with Crippen molar-refractivity contribution in [2.75, 3.05) is 19.7 Å². The molecule has 2 aliphatic rings. The summed E-state index contributed by atoms with van der Waals surface area (Å²) in [5.74, 6) is 0.136. The highest BCUT2D eigenvalue weighted by Gasteiger charge is 2.37. The molecule has 1 spiro atoms. The number of aromatic nitrogens is 2. The fourth-order valence-electron chi connectivity index (χ4n) is 4.09. The van der Waals surface area contributed by atoms with Crippen molar-refractivity contribution < 1.29 is 9.53 Å². The summed E-state index contributed by atoms with van der Waals surface area (Å²) in [4.78, 5) is 15.0. The molecule has 3 heterocycles. The lowest BCUT2D eigenvalue weighted by Crippen LogP contribution is -2.34. The van der Waals surface area contributed by atoms with Crippen LogP contribution in [0.15, 0.2) is 42.7 Å². The molecule has 0 N–H and O–H groups in total. The van der Waals surface area contributed by atoms with Crippen LogP contribution in [0.5, 0.6) is 0 Å². The molecule has 1 aromatic carbocycles. The molecule has 2 saturated heterocycles. The van der Waals surface area contributed by atoms with Crippen LogP contribution >= 0.6 is 0 Å². The summed E-state index contributed by atoms with van der Waals surface area (Å²) in [6.07, 6.45) is 9.08. The highest BCUT2D eigenvalue weighted by molar-refractivity contribution is 5.94. The Morgan fingerprint density at radius 2 is 2.08 bits per heavy atom. The maximum absolute atomic E-state index is 13.0. The zero-order chi connectivity index (χ0) is 17.1. The van der Waals surface area contributed by atoms with Crippen LogP contribution in [0.2, 0.25) is 0 Å². The molecule has 2 aliphatic heterocycles. The number of benzene rings is 1. The van der Waals surface area contributed by atoms with E-state index in [9.17, 15) is 4.79 Å². The van der Waals surface area contributed by atoms with Gasteiger partial charge in [-0.05, 0) is 55.9 Å². The Kier molecular flexibility index (Phi) is 4.57. The molecule has 1 aromatic heterocycles. The average molecular weight is 339 g/mol. The number of rotatable bonds is 3. The molecule has 25 heavy (non-hydrogen) atoms. The van der Waals surface area contributed by atoms with Crippen LogP contribution in [0, 0.1) is 0 Å². The van der Waals surface area contributed by atoms with Crippen molar-refractivity contribution in [2.45, 2.75) is 44.2 Å². The lowest BCUT2D eigenvalue weighted by Gasteiger charge is -2.27. The summed E-state index contributed by atoms with van der Waals surface area (Å²) in [5.41, 5.74) is 1.91. The monoisotopic (exact) mass is 339 g/mol. The Bertz CT molecular complexity index is 720. The molecule has 2 aromatic rings. The third-order valence-corrected chi connectivity index (χ3v) is 5.45. The summed E-state index contributed by atoms with van der Waals surface area (Å²) < 4.78 is 7.90. The molecule has 132 valence electrons. The van der Waals surface area contributed by atoms with Crippen LogP contribution in [-0.4, -0.2) is 45.9 Å². The zero-order valence-corrected chi connectivity index (χ0v) is 14.6. The highest BCUT2D eigenvalue weighted by Crippen LogP contribution is 2.35. The van der Waals surface area contributed by atoms with Gasteiger partial charge in [0.1, 0.15) is 0 Å². The standard InChI is InChI=1S/C20H25N3O2/c24-19(22-11-2-7-20(9-13-22)8-3-14-25-20)18-6-1-5-17(15-18)16-23-12-4-10-21-23/h1,4-6,10,12,15H,2-3,7-9,11,13-14,16H2/t20-/m1/s1. The predicted molar refractivity (Wildman–Crippen MR) is 95.4 cm³/mol. The summed E-state index contributed by atoms with van der Waals surface area (Å²) >= 11 is 0. The van der Waals surface area contributed by atoms with E-state index in [2.05, 4.69) is 5.10 Å². The van der Waals surface area contributed by atoms with E-state index >= 15 is 0 Å². The van der Waals surface area contributed by atoms with E-state index in [0.717, 1.165) is 62.9 Å². The van der Waals surface area contributed by atoms with Crippen molar-refractivity contribution >= 4 is 5.91 Å². The van der Waals surface area contributed by atoms with Gasteiger partial charge in [0.25, 0.3) is 5.91 Å². The van der Waals surface area contributed by atoms with Gasteiger partial charge >= 0.3 is 0 Å². The van der Waals surface area contributed by atoms with Crippen LogP contribution in [0.1, 0.15) is 48.0 Å². The van der Waals surface area contributed by atoms with Gasteiger partial charge in [-0.25, -0.2) is 0 Å². The summed E-state index contributed by atoms with van der Waals surface area (Å²) in [7, 11) is 0. The second-order valence-corrected chi connectivity index (χ2v) is 7.18. The normalized spacial score (nSPS) is 23.8.